The number of hydrogen-bond donors (Lipinski definition) is 1. The molecular weight excluding hydrogens is 244 g/mol. The van der Waals surface area contributed by atoms with Gasteiger partial charge < -0.3 is 14.4 Å². The maximum absolute atomic E-state index is 9.49. The summed E-state index contributed by atoms with van der Waals surface area (Å²) in [6.45, 7) is 4.86. The van der Waals surface area contributed by atoms with E-state index in [-0.39, 0.29) is 12.6 Å². The summed E-state index contributed by atoms with van der Waals surface area (Å²) in [5, 5.41) is 18.1. The van der Waals surface area contributed by atoms with Crippen LogP contribution in [0.2, 0.25) is 0 Å². The van der Waals surface area contributed by atoms with Crippen LogP contribution in [-0.2, 0) is 17.6 Å². The summed E-state index contributed by atoms with van der Waals surface area (Å²) in [7, 11) is 0. The predicted molar refractivity (Wildman–Crippen MR) is 70.0 cm³/mol. The molecule has 1 unspecified atom stereocenters. The van der Waals surface area contributed by atoms with Crippen LogP contribution in [0.5, 0.6) is 0 Å². The molecule has 1 aromatic rings. The summed E-state index contributed by atoms with van der Waals surface area (Å²) in [6.07, 6.45) is 4.03. The third kappa shape index (κ3) is 2.80. The van der Waals surface area contributed by atoms with Crippen LogP contribution in [-0.4, -0.2) is 64.2 Å². The molecule has 1 aromatic heterocycles. The molecule has 1 N–H and O–H groups in total. The van der Waals surface area contributed by atoms with Gasteiger partial charge in [-0.25, -0.2) is 0 Å². The Morgan fingerprint density at radius 2 is 2.11 bits per heavy atom. The molecule has 0 radical (unpaired) electrons. The number of aryl methyl sites for hydroxylation is 1. The van der Waals surface area contributed by atoms with Crippen molar-refractivity contribution in [2.24, 2.45) is 0 Å². The quantitative estimate of drug-likeness (QED) is 0.832. The van der Waals surface area contributed by atoms with E-state index in [0.29, 0.717) is 0 Å². The summed E-state index contributed by atoms with van der Waals surface area (Å²) in [5.41, 5.74) is 0. The van der Waals surface area contributed by atoms with Crippen molar-refractivity contribution in [3.63, 3.8) is 0 Å². The molecule has 106 valence electrons. The molecule has 2 aliphatic heterocycles. The number of hydrogen-bond acceptors (Lipinski definition) is 5. The van der Waals surface area contributed by atoms with E-state index in [4.69, 9.17) is 4.74 Å². The molecule has 0 saturated carbocycles. The second kappa shape index (κ2) is 5.98. The zero-order valence-electron chi connectivity index (χ0n) is 11.3. The topological polar surface area (TPSA) is 63.4 Å². The molecule has 0 spiro atoms. The van der Waals surface area contributed by atoms with Gasteiger partial charge in [-0.2, -0.15) is 0 Å². The number of morpholine rings is 1. The van der Waals surface area contributed by atoms with E-state index in [9.17, 15) is 5.11 Å². The first-order valence-corrected chi connectivity index (χ1v) is 7.22. The van der Waals surface area contributed by atoms with Crippen LogP contribution in [0.15, 0.2) is 0 Å². The Balaban J connectivity index is 1.66. The van der Waals surface area contributed by atoms with Crippen molar-refractivity contribution >= 4 is 0 Å². The van der Waals surface area contributed by atoms with E-state index < -0.39 is 0 Å². The molecule has 6 heteroatoms. The summed E-state index contributed by atoms with van der Waals surface area (Å²) in [5.74, 6) is 2.07. The second-order valence-corrected chi connectivity index (χ2v) is 5.34. The SMILES string of the molecule is OCC1CCCc2nnc(CCN3CCOCC3)n21. The monoisotopic (exact) mass is 266 g/mol. The highest BCUT2D eigenvalue weighted by atomic mass is 16.5. The minimum atomic E-state index is 0.179. The third-order valence-electron chi connectivity index (χ3n) is 4.11. The smallest absolute Gasteiger partial charge is 0.134 e. The minimum Gasteiger partial charge on any atom is -0.394 e. The van der Waals surface area contributed by atoms with Gasteiger partial charge in [-0.05, 0) is 12.8 Å². The van der Waals surface area contributed by atoms with Gasteiger partial charge in [0.15, 0.2) is 0 Å². The molecule has 1 atom stereocenters. The highest BCUT2D eigenvalue weighted by Crippen LogP contribution is 2.24. The van der Waals surface area contributed by atoms with Gasteiger partial charge in [-0.15, -0.1) is 10.2 Å². The normalized spacial score (nSPS) is 24.4. The Labute approximate surface area is 113 Å². The summed E-state index contributed by atoms with van der Waals surface area (Å²) in [4.78, 5) is 2.40. The number of nitrogens with zero attached hydrogens (tertiary/aromatic N) is 4. The van der Waals surface area contributed by atoms with Crippen molar-refractivity contribution < 1.29 is 9.84 Å². The van der Waals surface area contributed by atoms with Gasteiger partial charge in [0, 0.05) is 32.5 Å². The molecular formula is C13H22N4O2. The van der Waals surface area contributed by atoms with E-state index in [1.807, 2.05) is 0 Å². The first kappa shape index (κ1) is 13.0. The fourth-order valence-corrected chi connectivity index (χ4v) is 3.00. The largest absolute Gasteiger partial charge is 0.394 e. The lowest BCUT2D eigenvalue weighted by atomic mass is 10.0. The van der Waals surface area contributed by atoms with E-state index in [2.05, 4.69) is 19.7 Å². The molecule has 6 nitrogen and oxygen atoms in total. The first-order chi connectivity index (χ1) is 9.38. The zero-order valence-corrected chi connectivity index (χ0v) is 11.3. The Morgan fingerprint density at radius 1 is 1.26 bits per heavy atom. The molecule has 0 amide bonds. The summed E-state index contributed by atoms with van der Waals surface area (Å²) >= 11 is 0. The highest BCUT2D eigenvalue weighted by Gasteiger charge is 2.24. The molecule has 3 rings (SSSR count). The summed E-state index contributed by atoms with van der Waals surface area (Å²) < 4.78 is 7.52. The fraction of sp³-hybridized carbons (Fsp3) is 0.846. The van der Waals surface area contributed by atoms with Gasteiger partial charge in [0.2, 0.25) is 0 Å². The fourth-order valence-electron chi connectivity index (χ4n) is 3.00. The van der Waals surface area contributed by atoms with E-state index >= 15 is 0 Å². The average Bonchev–Trinajstić information content (AvgIpc) is 2.89. The van der Waals surface area contributed by atoms with Crippen molar-refractivity contribution in [3.05, 3.63) is 11.6 Å². The molecule has 0 aliphatic carbocycles. The van der Waals surface area contributed by atoms with Gasteiger partial charge >= 0.3 is 0 Å². The number of aliphatic hydroxyl groups excluding tert-OH is 1. The lowest BCUT2D eigenvalue weighted by Crippen LogP contribution is -2.38. The number of ether oxygens (including phenoxy) is 1. The molecule has 1 fully saturated rings. The molecule has 2 aliphatic rings. The van der Waals surface area contributed by atoms with Crippen molar-refractivity contribution in [2.75, 3.05) is 39.5 Å². The molecule has 1 saturated heterocycles. The van der Waals surface area contributed by atoms with Gasteiger partial charge in [0.1, 0.15) is 11.6 Å². The van der Waals surface area contributed by atoms with E-state index in [1.165, 1.54) is 0 Å². The van der Waals surface area contributed by atoms with Crippen LogP contribution < -0.4 is 0 Å². The summed E-state index contributed by atoms with van der Waals surface area (Å²) in [6, 6.07) is 0.179. The Morgan fingerprint density at radius 3 is 2.89 bits per heavy atom. The lowest BCUT2D eigenvalue weighted by molar-refractivity contribution is 0.0380. The van der Waals surface area contributed by atoms with Gasteiger partial charge in [-0.1, -0.05) is 0 Å². The van der Waals surface area contributed by atoms with E-state index in [0.717, 1.165) is 70.2 Å². The number of aromatic nitrogens is 3. The zero-order chi connectivity index (χ0) is 13.1. The van der Waals surface area contributed by atoms with Crippen molar-refractivity contribution in [2.45, 2.75) is 31.7 Å². The minimum absolute atomic E-state index is 0.179. The first-order valence-electron chi connectivity index (χ1n) is 7.22. The average molecular weight is 266 g/mol. The van der Waals surface area contributed by atoms with Crippen molar-refractivity contribution in [1.29, 1.82) is 0 Å². The maximum Gasteiger partial charge on any atom is 0.134 e. The Kier molecular flexibility index (Phi) is 4.10. The second-order valence-electron chi connectivity index (χ2n) is 5.34. The number of aliphatic hydroxyl groups is 1. The van der Waals surface area contributed by atoms with Crippen LogP contribution in [0.1, 0.15) is 30.5 Å². The van der Waals surface area contributed by atoms with Crippen LogP contribution in [0.4, 0.5) is 0 Å². The third-order valence-corrected chi connectivity index (χ3v) is 4.11. The Bertz CT molecular complexity index is 415. The number of fused-ring (bicyclic) bond motifs is 1. The van der Waals surface area contributed by atoms with Gasteiger partial charge in [0.05, 0.1) is 25.9 Å². The highest BCUT2D eigenvalue weighted by molar-refractivity contribution is 5.03. The van der Waals surface area contributed by atoms with Crippen LogP contribution >= 0.6 is 0 Å². The van der Waals surface area contributed by atoms with E-state index in [1.54, 1.807) is 0 Å². The Hall–Kier alpha value is -0.980. The molecule has 3 heterocycles. The van der Waals surface area contributed by atoms with Gasteiger partial charge in [0.25, 0.3) is 0 Å². The molecule has 19 heavy (non-hydrogen) atoms. The maximum atomic E-state index is 9.49. The standard InChI is InChI=1S/C13H22N4O2/c18-10-11-2-1-3-12-14-15-13(17(11)12)4-5-16-6-8-19-9-7-16/h11,18H,1-10H2. The van der Waals surface area contributed by atoms with Crippen LogP contribution in [0.3, 0.4) is 0 Å². The van der Waals surface area contributed by atoms with Crippen LogP contribution in [0, 0.1) is 0 Å². The molecule has 0 bridgehead atoms. The van der Waals surface area contributed by atoms with Crippen molar-refractivity contribution in [1.82, 2.24) is 19.7 Å². The van der Waals surface area contributed by atoms with Crippen LogP contribution in [0.25, 0.3) is 0 Å². The van der Waals surface area contributed by atoms with Gasteiger partial charge in [-0.3, -0.25) is 4.90 Å². The lowest BCUT2D eigenvalue weighted by Gasteiger charge is -2.27. The molecule has 0 aromatic carbocycles. The predicted octanol–water partition coefficient (Wildman–Crippen LogP) is 0.0225. The number of rotatable bonds is 4. The van der Waals surface area contributed by atoms with Crippen molar-refractivity contribution in [3.8, 4) is 0 Å².